The van der Waals surface area contributed by atoms with E-state index in [1.54, 1.807) is 6.08 Å². The molecule has 0 fully saturated rings. The van der Waals surface area contributed by atoms with E-state index in [0.29, 0.717) is 19.4 Å². The number of carbonyl (C=O) groups excluding carboxylic acids is 2. The Bertz CT molecular complexity index is 951. The Morgan fingerprint density at radius 3 is 1.18 bits per heavy atom. The van der Waals surface area contributed by atoms with Crippen LogP contribution in [0.25, 0.3) is 0 Å². The van der Waals surface area contributed by atoms with E-state index in [2.05, 4.69) is 31.3 Å². The monoisotopic (exact) mass is 860 g/mol. The van der Waals surface area contributed by atoms with Gasteiger partial charge in [-0.3, -0.25) is 9.59 Å². The van der Waals surface area contributed by atoms with Crippen LogP contribution in [0.4, 0.5) is 0 Å². The van der Waals surface area contributed by atoms with E-state index in [1.165, 1.54) is 193 Å². The molecule has 0 rings (SSSR count). The van der Waals surface area contributed by atoms with E-state index in [-0.39, 0.29) is 18.5 Å². The SMILES string of the molecule is CCCCCCCCCCCCCC/C=C/C(O)C(CO)NC(=O)CCCCC/C=C\CCCCCCCCOC(=O)CCCCCCCCCCCCCCCCCCC. The molecular formula is C55H105NO5. The smallest absolute Gasteiger partial charge is 0.305 e. The third kappa shape index (κ3) is 47.7. The van der Waals surface area contributed by atoms with Crippen molar-refractivity contribution in [3.63, 3.8) is 0 Å². The lowest BCUT2D eigenvalue weighted by atomic mass is 10.0. The van der Waals surface area contributed by atoms with Gasteiger partial charge in [0.25, 0.3) is 0 Å². The van der Waals surface area contributed by atoms with Crippen LogP contribution in [0, 0.1) is 0 Å². The molecule has 360 valence electrons. The first-order valence-corrected chi connectivity index (χ1v) is 27.1. The van der Waals surface area contributed by atoms with Gasteiger partial charge in [0.15, 0.2) is 0 Å². The van der Waals surface area contributed by atoms with Gasteiger partial charge in [-0.05, 0) is 57.8 Å². The van der Waals surface area contributed by atoms with Crippen molar-refractivity contribution in [2.24, 2.45) is 0 Å². The normalized spacial score (nSPS) is 12.8. The van der Waals surface area contributed by atoms with Crippen molar-refractivity contribution in [2.75, 3.05) is 13.2 Å². The molecule has 0 heterocycles. The van der Waals surface area contributed by atoms with Crippen molar-refractivity contribution in [3.05, 3.63) is 24.3 Å². The first-order valence-electron chi connectivity index (χ1n) is 27.1. The first-order chi connectivity index (χ1) is 30.0. The number of aliphatic hydroxyl groups is 2. The highest BCUT2D eigenvalue weighted by molar-refractivity contribution is 5.76. The molecule has 2 atom stereocenters. The molecule has 6 nitrogen and oxygen atoms in total. The fourth-order valence-corrected chi connectivity index (χ4v) is 8.27. The van der Waals surface area contributed by atoms with Crippen molar-refractivity contribution in [3.8, 4) is 0 Å². The molecular weight excluding hydrogens is 755 g/mol. The van der Waals surface area contributed by atoms with Gasteiger partial charge >= 0.3 is 5.97 Å². The maximum atomic E-state index is 12.4. The molecule has 0 aliphatic heterocycles. The van der Waals surface area contributed by atoms with Crippen molar-refractivity contribution in [1.29, 1.82) is 0 Å². The number of esters is 1. The maximum absolute atomic E-state index is 12.4. The van der Waals surface area contributed by atoms with E-state index in [0.717, 1.165) is 70.6 Å². The highest BCUT2D eigenvalue weighted by Crippen LogP contribution is 2.16. The Balaban J connectivity index is 3.50. The third-order valence-corrected chi connectivity index (χ3v) is 12.5. The van der Waals surface area contributed by atoms with Gasteiger partial charge < -0.3 is 20.3 Å². The molecule has 0 radical (unpaired) electrons. The molecule has 2 unspecified atom stereocenters. The van der Waals surface area contributed by atoms with Gasteiger partial charge in [0.05, 0.1) is 25.4 Å². The van der Waals surface area contributed by atoms with Gasteiger partial charge in [-0.2, -0.15) is 0 Å². The Labute approximate surface area is 380 Å². The van der Waals surface area contributed by atoms with Crippen LogP contribution in [0.1, 0.15) is 290 Å². The van der Waals surface area contributed by atoms with Crippen LogP contribution >= 0.6 is 0 Å². The molecule has 0 aromatic carbocycles. The lowest BCUT2D eigenvalue weighted by Gasteiger charge is -2.19. The first kappa shape index (κ1) is 59.3. The number of ether oxygens (including phenoxy) is 1. The zero-order chi connectivity index (χ0) is 44.4. The summed E-state index contributed by atoms with van der Waals surface area (Å²) in [5.41, 5.74) is 0. The lowest BCUT2D eigenvalue weighted by Crippen LogP contribution is -2.45. The number of carbonyl (C=O) groups is 2. The van der Waals surface area contributed by atoms with Crippen LogP contribution in [0.3, 0.4) is 0 Å². The summed E-state index contributed by atoms with van der Waals surface area (Å²) in [6.45, 7) is 4.87. The predicted molar refractivity (Wildman–Crippen MR) is 264 cm³/mol. The Hall–Kier alpha value is -1.66. The second kappa shape index (κ2) is 51.0. The average molecular weight is 860 g/mol. The molecule has 61 heavy (non-hydrogen) atoms. The minimum Gasteiger partial charge on any atom is -0.466 e. The molecule has 6 heteroatoms. The Morgan fingerprint density at radius 1 is 0.443 bits per heavy atom. The van der Waals surface area contributed by atoms with Gasteiger partial charge in [0.2, 0.25) is 5.91 Å². The van der Waals surface area contributed by atoms with Gasteiger partial charge in [0.1, 0.15) is 0 Å². The van der Waals surface area contributed by atoms with E-state index >= 15 is 0 Å². The van der Waals surface area contributed by atoms with E-state index in [1.807, 2.05) is 6.08 Å². The molecule has 0 aromatic heterocycles. The van der Waals surface area contributed by atoms with Crippen molar-refractivity contribution >= 4 is 11.9 Å². The number of aliphatic hydroxyl groups excluding tert-OH is 2. The van der Waals surface area contributed by atoms with Crippen molar-refractivity contribution in [2.45, 2.75) is 302 Å². The van der Waals surface area contributed by atoms with Crippen LogP contribution in [0.15, 0.2) is 24.3 Å². The largest absolute Gasteiger partial charge is 0.466 e. The number of allylic oxidation sites excluding steroid dienone is 3. The molecule has 0 saturated heterocycles. The van der Waals surface area contributed by atoms with Crippen LogP contribution in [0.2, 0.25) is 0 Å². The minimum absolute atomic E-state index is 0.0103. The van der Waals surface area contributed by atoms with Gasteiger partial charge in [-0.15, -0.1) is 0 Å². The quantitative estimate of drug-likeness (QED) is 0.0322. The molecule has 3 N–H and O–H groups in total. The standard InChI is InChI=1S/C55H105NO5/c1-3-5-7-9-11-13-15-17-19-20-21-25-29-33-37-41-45-49-55(60)61-50-46-42-38-34-30-26-22-24-28-32-36-40-44-48-54(59)56-52(51-57)53(58)47-43-39-35-31-27-23-18-16-14-12-10-8-6-4-2/h24,28,43,47,52-53,57-58H,3-23,25-27,29-42,44-46,48-51H2,1-2H3,(H,56,59)/b28-24-,47-43+. The summed E-state index contributed by atoms with van der Waals surface area (Å²) < 4.78 is 5.47. The van der Waals surface area contributed by atoms with Gasteiger partial charge in [-0.1, -0.05) is 244 Å². The number of amides is 1. The second-order valence-corrected chi connectivity index (χ2v) is 18.6. The average Bonchev–Trinajstić information content (AvgIpc) is 3.26. The lowest BCUT2D eigenvalue weighted by molar-refractivity contribution is -0.143. The summed E-state index contributed by atoms with van der Waals surface area (Å²) in [7, 11) is 0. The van der Waals surface area contributed by atoms with Crippen LogP contribution < -0.4 is 5.32 Å². The molecule has 0 bridgehead atoms. The highest BCUT2D eigenvalue weighted by atomic mass is 16.5. The van der Waals surface area contributed by atoms with Crippen molar-refractivity contribution < 1.29 is 24.5 Å². The highest BCUT2D eigenvalue weighted by Gasteiger charge is 2.18. The molecule has 0 saturated carbocycles. The van der Waals surface area contributed by atoms with Gasteiger partial charge in [0, 0.05) is 12.8 Å². The summed E-state index contributed by atoms with van der Waals surface area (Å²) in [6.07, 6.45) is 60.4. The van der Waals surface area contributed by atoms with Crippen LogP contribution in [0.5, 0.6) is 0 Å². The van der Waals surface area contributed by atoms with Crippen molar-refractivity contribution in [1.82, 2.24) is 5.32 Å². The molecule has 0 spiro atoms. The fourth-order valence-electron chi connectivity index (χ4n) is 8.27. The number of hydrogen-bond donors (Lipinski definition) is 3. The van der Waals surface area contributed by atoms with Gasteiger partial charge in [-0.25, -0.2) is 0 Å². The number of unbranched alkanes of at least 4 members (excludes halogenated alkanes) is 37. The fraction of sp³-hybridized carbons (Fsp3) is 0.891. The molecule has 0 aromatic rings. The maximum Gasteiger partial charge on any atom is 0.305 e. The summed E-state index contributed by atoms with van der Waals surface area (Å²) in [5, 5.41) is 23.0. The minimum atomic E-state index is -0.860. The van der Waals surface area contributed by atoms with E-state index < -0.39 is 12.1 Å². The zero-order valence-corrected chi connectivity index (χ0v) is 40.9. The third-order valence-electron chi connectivity index (χ3n) is 12.5. The summed E-state index contributed by atoms with van der Waals surface area (Å²) in [6, 6.07) is -0.647. The Morgan fingerprint density at radius 2 is 0.770 bits per heavy atom. The second-order valence-electron chi connectivity index (χ2n) is 18.6. The van der Waals surface area contributed by atoms with E-state index in [9.17, 15) is 19.8 Å². The number of rotatable bonds is 50. The zero-order valence-electron chi connectivity index (χ0n) is 40.9. The number of hydrogen-bond acceptors (Lipinski definition) is 5. The molecule has 1 amide bonds. The van der Waals surface area contributed by atoms with Crippen LogP contribution in [-0.2, 0) is 14.3 Å². The topological polar surface area (TPSA) is 95.9 Å². The molecule has 0 aliphatic carbocycles. The molecule has 0 aliphatic rings. The van der Waals surface area contributed by atoms with E-state index in [4.69, 9.17) is 4.74 Å². The van der Waals surface area contributed by atoms with Crippen LogP contribution in [-0.4, -0.2) is 47.4 Å². The summed E-state index contributed by atoms with van der Waals surface area (Å²) in [4.78, 5) is 24.5. The summed E-state index contributed by atoms with van der Waals surface area (Å²) in [5.74, 6) is -0.108. The Kier molecular flexibility index (Phi) is 49.6. The summed E-state index contributed by atoms with van der Waals surface area (Å²) >= 11 is 0. The predicted octanol–water partition coefficient (Wildman–Crippen LogP) is 16.3. The number of nitrogens with one attached hydrogen (secondary N) is 1.